The Morgan fingerprint density at radius 1 is 1.12 bits per heavy atom. The second-order valence-electron chi connectivity index (χ2n) is 6.56. The van der Waals surface area contributed by atoms with Crippen molar-refractivity contribution in [2.24, 2.45) is 0 Å². The van der Waals surface area contributed by atoms with Crippen LogP contribution in [-0.2, 0) is 6.54 Å². The molecular weight excluding hydrogens is 435 g/mol. The van der Waals surface area contributed by atoms with Crippen LogP contribution in [0.3, 0.4) is 0 Å². The van der Waals surface area contributed by atoms with Crippen molar-refractivity contribution in [1.82, 2.24) is 19.4 Å². The number of rotatable bonds is 4. The second kappa shape index (κ2) is 6.89. The molecule has 0 atom stereocenters. The second-order valence-corrected chi connectivity index (χ2v) is 8.29. The van der Waals surface area contributed by atoms with E-state index in [2.05, 4.69) is 62.7 Å². The molecule has 0 amide bonds. The predicted octanol–water partition coefficient (Wildman–Crippen LogP) is 5.82. The van der Waals surface area contributed by atoms with Gasteiger partial charge in [-0.3, -0.25) is 0 Å². The molecule has 0 saturated carbocycles. The summed E-state index contributed by atoms with van der Waals surface area (Å²) in [5, 5.41) is 2.20. The van der Waals surface area contributed by atoms with Gasteiger partial charge in [-0.15, -0.1) is 0 Å². The maximum Gasteiger partial charge on any atom is 0.157 e. The number of halogens is 3. The third-order valence-electron chi connectivity index (χ3n) is 4.39. The maximum absolute atomic E-state index is 6.26. The molecule has 2 aromatic heterocycles. The Kier molecular flexibility index (Phi) is 4.73. The quantitative estimate of drug-likeness (QED) is 0.424. The third kappa shape index (κ3) is 3.25. The lowest BCUT2D eigenvalue weighted by Gasteiger charge is -2.13. The first kappa shape index (κ1) is 17.9. The highest BCUT2D eigenvalue weighted by Gasteiger charge is 2.16. The normalized spacial score (nSPS) is 11.9. The van der Waals surface area contributed by atoms with Crippen LogP contribution in [0.4, 0.5) is 0 Å². The predicted molar refractivity (Wildman–Crippen MR) is 113 cm³/mol. The fourth-order valence-corrected chi connectivity index (χ4v) is 3.75. The zero-order valence-electron chi connectivity index (χ0n) is 14.4. The number of fused-ring (bicyclic) bond motifs is 2. The molecule has 0 aliphatic heterocycles. The Bertz CT molecular complexity index is 1110. The zero-order valence-corrected chi connectivity index (χ0v) is 17.5. The zero-order chi connectivity index (χ0) is 18.4. The Balaban J connectivity index is 1.92. The molecule has 0 radical (unpaired) electrons. The molecule has 0 saturated heterocycles. The first-order valence-corrected chi connectivity index (χ1v) is 9.76. The summed E-state index contributed by atoms with van der Waals surface area (Å²) in [6.45, 7) is 1.69. The summed E-state index contributed by atoms with van der Waals surface area (Å²) < 4.78 is 3.23. The van der Waals surface area contributed by atoms with Gasteiger partial charge in [0.05, 0.1) is 26.8 Å². The van der Waals surface area contributed by atoms with E-state index in [9.17, 15) is 0 Å². The Hall–Kier alpha value is -1.53. The molecule has 26 heavy (non-hydrogen) atoms. The van der Waals surface area contributed by atoms with Crippen molar-refractivity contribution in [1.29, 1.82) is 0 Å². The van der Waals surface area contributed by atoms with Crippen molar-refractivity contribution in [2.45, 2.75) is 6.54 Å². The van der Waals surface area contributed by atoms with E-state index in [1.807, 2.05) is 18.2 Å². The van der Waals surface area contributed by atoms with E-state index in [0.717, 1.165) is 51.0 Å². The molecule has 134 valence electrons. The molecule has 0 unspecified atom stereocenters. The molecule has 0 fully saturated rings. The fraction of sp³-hybridized carbons (Fsp3) is 0.211. The molecule has 0 bridgehead atoms. The minimum absolute atomic E-state index is 0.517. The van der Waals surface area contributed by atoms with Crippen molar-refractivity contribution in [3.8, 4) is 11.5 Å². The summed E-state index contributed by atoms with van der Waals surface area (Å²) in [6.07, 6.45) is 0. The largest absolute Gasteiger partial charge is 0.352 e. The van der Waals surface area contributed by atoms with Gasteiger partial charge in [-0.1, -0.05) is 45.2 Å². The first-order chi connectivity index (χ1) is 12.4. The summed E-state index contributed by atoms with van der Waals surface area (Å²) in [5.41, 5.74) is 3.86. The van der Waals surface area contributed by atoms with E-state index >= 15 is 0 Å². The van der Waals surface area contributed by atoms with Crippen molar-refractivity contribution in [2.75, 3.05) is 20.6 Å². The maximum atomic E-state index is 6.26. The molecular formula is C19H17BrCl2N4. The Morgan fingerprint density at radius 3 is 2.65 bits per heavy atom. The van der Waals surface area contributed by atoms with Gasteiger partial charge in [0.2, 0.25) is 0 Å². The van der Waals surface area contributed by atoms with E-state index in [0.29, 0.717) is 10.0 Å². The van der Waals surface area contributed by atoms with Crippen molar-refractivity contribution >= 4 is 61.1 Å². The number of nitrogens with one attached hydrogen (secondary N) is 1. The van der Waals surface area contributed by atoms with Gasteiger partial charge in [0, 0.05) is 28.5 Å². The van der Waals surface area contributed by atoms with Crippen LogP contribution in [0.15, 0.2) is 40.9 Å². The summed E-state index contributed by atoms with van der Waals surface area (Å²) in [5.74, 6) is 0.882. The van der Waals surface area contributed by atoms with Gasteiger partial charge in [0.25, 0.3) is 0 Å². The van der Waals surface area contributed by atoms with Crippen LogP contribution in [0.5, 0.6) is 0 Å². The standard InChI is InChI=1S/C19H17BrCl2N4/c1-25(2)5-6-26-18-10-14(22)13(21)9-16(18)24-19(26)17-7-11-3-4-12(20)8-15(11)23-17/h3-4,7-10,23H,5-6H2,1-2H3. The van der Waals surface area contributed by atoms with Gasteiger partial charge < -0.3 is 14.5 Å². The van der Waals surface area contributed by atoms with Gasteiger partial charge in [0.1, 0.15) is 0 Å². The lowest BCUT2D eigenvalue weighted by molar-refractivity contribution is 0.387. The van der Waals surface area contributed by atoms with E-state index < -0.39 is 0 Å². The lowest BCUT2D eigenvalue weighted by atomic mass is 10.2. The molecule has 2 aromatic carbocycles. The molecule has 0 spiro atoms. The fourth-order valence-electron chi connectivity index (χ4n) is 3.07. The summed E-state index contributed by atoms with van der Waals surface area (Å²) in [4.78, 5) is 10.5. The highest BCUT2D eigenvalue weighted by molar-refractivity contribution is 9.10. The van der Waals surface area contributed by atoms with Crippen LogP contribution < -0.4 is 0 Å². The molecule has 4 aromatic rings. The van der Waals surface area contributed by atoms with E-state index in [-0.39, 0.29) is 0 Å². The average Bonchev–Trinajstić information content (AvgIpc) is 3.14. The van der Waals surface area contributed by atoms with Crippen molar-refractivity contribution in [3.63, 3.8) is 0 Å². The number of aromatic amines is 1. The van der Waals surface area contributed by atoms with Gasteiger partial charge in [0.15, 0.2) is 5.82 Å². The van der Waals surface area contributed by atoms with Crippen LogP contribution in [0.25, 0.3) is 33.5 Å². The molecule has 7 heteroatoms. The number of imidazole rings is 1. The number of nitrogens with zero attached hydrogens (tertiary/aromatic N) is 3. The highest BCUT2D eigenvalue weighted by Crippen LogP contribution is 2.32. The molecule has 0 aliphatic carbocycles. The summed E-state index contributed by atoms with van der Waals surface area (Å²) in [6, 6.07) is 12.0. The number of aromatic nitrogens is 3. The van der Waals surface area contributed by atoms with Crippen molar-refractivity contribution in [3.05, 3.63) is 50.9 Å². The van der Waals surface area contributed by atoms with Crippen LogP contribution >= 0.6 is 39.1 Å². The Morgan fingerprint density at radius 2 is 1.88 bits per heavy atom. The van der Waals surface area contributed by atoms with Gasteiger partial charge in [-0.2, -0.15) is 0 Å². The lowest BCUT2D eigenvalue weighted by Crippen LogP contribution is -2.18. The monoisotopic (exact) mass is 450 g/mol. The van der Waals surface area contributed by atoms with E-state index in [1.165, 1.54) is 0 Å². The third-order valence-corrected chi connectivity index (χ3v) is 5.60. The Labute approximate surface area is 169 Å². The molecule has 1 N–H and O–H groups in total. The summed E-state index contributed by atoms with van der Waals surface area (Å²) >= 11 is 16.0. The molecule has 4 nitrogen and oxygen atoms in total. The number of benzene rings is 2. The first-order valence-electron chi connectivity index (χ1n) is 8.21. The number of hydrogen-bond donors (Lipinski definition) is 1. The number of likely N-dealkylation sites (N-methyl/N-ethyl adjacent to an activating group) is 1. The molecule has 2 heterocycles. The number of H-pyrrole nitrogens is 1. The van der Waals surface area contributed by atoms with Crippen LogP contribution in [0.1, 0.15) is 0 Å². The summed E-state index contributed by atoms with van der Waals surface area (Å²) in [7, 11) is 4.12. The van der Waals surface area contributed by atoms with E-state index in [4.69, 9.17) is 28.2 Å². The topological polar surface area (TPSA) is 36.9 Å². The van der Waals surface area contributed by atoms with Gasteiger partial charge >= 0.3 is 0 Å². The highest BCUT2D eigenvalue weighted by atomic mass is 79.9. The van der Waals surface area contributed by atoms with Gasteiger partial charge in [-0.25, -0.2) is 4.98 Å². The van der Waals surface area contributed by atoms with Crippen molar-refractivity contribution < 1.29 is 0 Å². The minimum Gasteiger partial charge on any atom is -0.352 e. The SMILES string of the molecule is CN(C)CCn1c(-c2cc3ccc(Br)cc3[nH]2)nc2cc(Cl)c(Cl)cc21. The van der Waals surface area contributed by atoms with E-state index in [1.54, 1.807) is 0 Å². The molecule has 0 aliphatic rings. The smallest absolute Gasteiger partial charge is 0.157 e. The van der Waals surface area contributed by atoms with Crippen LogP contribution in [-0.4, -0.2) is 40.1 Å². The molecule has 4 rings (SSSR count). The van der Waals surface area contributed by atoms with Crippen LogP contribution in [0.2, 0.25) is 10.0 Å². The average molecular weight is 452 g/mol. The van der Waals surface area contributed by atoms with Crippen LogP contribution in [0, 0.1) is 0 Å². The van der Waals surface area contributed by atoms with Gasteiger partial charge in [-0.05, 0) is 44.4 Å². The minimum atomic E-state index is 0.517. The number of hydrogen-bond acceptors (Lipinski definition) is 2.